The van der Waals surface area contributed by atoms with E-state index in [-0.39, 0.29) is 31.5 Å². The van der Waals surface area contributed by atoms with E-state index >= 15 is 0 Å². The van der Waals surface area contributed by atoms with Crippen molar-refractivity contribution in [2.75, 3.05) is 26.2 Å². The topological polar surface area (TPSA) is 69.6 Å². The van der Waals surface area contributed by atoms with Gasteiger partial charge in [-0.2, -0.15) is 0 Å². The first-order chi connectivity index (χ1) is 22.2. The second kappa shape index (κ2) is 37.4. The first-order valence-electron chi connectivity index (χ1n) is 20.3. The van der Waals surface area contributed by atoms with E-state index in [1.807, 2.05) is 0 Å². The van der Waals surface area contributed by atoms with Gasteiger partial charge < -0.3 is 15.3 Å². The van der Waals surface area contributed by atoms with Crippen molar-refractivity contribution in [2.24, 2.45) is 0 Å². The Bertz CT molecular complexity index is 612. The Morgan fingerprint density at radius 1 is 0.467 bits per heavy atom. The van der Waals surface area contributed by atoms with Crippen LogP contribution in [0.5, 0.6) is 0 Å². The maximum atomic E-state index is 12.7. The first-order valence-corrected chi connectivity index (χ1v) is 20.3. The molecule has 0 spiro atoms. The Balaban J connectivity index is 3.60. The van der Waals surface area contributed by atoms with E-state index in [2.05, 4.69) is 19.2 Å². The van der Waals surface area contributed by atoms with Crippen LogP contribution in [0.2, 0.25) is 0 Å². The Kier molecular flexibility index (Phi) is 36.4. The van der Waals surface area contributed by atoms with Crippen LogP contribution in [0.25, 0.3) is 0 Å². The van der Waals surface area contributed by atoms with Gasteiger partial charge in [0.05, 0.1) is 13.2 Å². The lowest BCUT2D eigenvalue weighted by molar-refractivity contribution is -0.136. The largest absolute Gasteiger partial charge is 0.395 e. The molecule has 0 aliphatic rings. The molecule has 0 radical (unpaired) electrons. The highest BCUT2D eigenvalue weighted by molar-refractivity contribution is 5.84. The molecule has 0 aliphatic heterocycles. The third kappa shape index (κ3) is 34.1. The fraction of sp³-hybridized carbons (Fsp3) is 0.950. The molecule has 0 saturated heterocycles. The van der Waals surface area contributed by atoms with E-state index < -0.39 is 0 Å². The summed E-state index contributed by atoms with van der Waals surface area (Å²) in [5.74, 6) is -0.106. The van der Waals surface area contributed by atoms with Crippen LogP contribution in [0.15, 0.2) is 0 Å². The van der Waals surface area contributed by atoms with Crippen molar-refractivity contribution in [3.8, 4) is 0 Å². The van der Waals surface area contributed by atoms with Crippen LogP contribution in [-0.2, 0) is 9.59 Å². The highest BCUT2D eigenvalue weighted by atomic mass is 16.3. The minimum absolute atomic E-state index is 0.00342. The summed E-state index contributed by atoms with van der Waals surface area (Å²) in [5.41, 5.74) is 0. The zero-order valence-corrected chi connectivity index (χ0v) is 30.7. The molecule has 0 saturated carbocycles. The fourth-order valence-electron chi connectivity index (χ4n) is 6.35. The van der Waals surface area contributed by atoms with Crippen LogP contribution in [0.4, 0.5) is 0 Å². The number of nitrogens with zero attached hydrogens (tertiary/aromatic N) is 1. The van der Waals surface area contributed by atoms with Crippen molar-refractivity contribution in [1.82, 2.24) is 10.2 Å². The summed E-state index contributed by atoms with van der Waals surface area (Å²) in [4.78, 5) is 26.6. The normalized spacial score (nSPS) is 11.3. The molecule has 0 aromatic rings. The van der Waals surface area contributed by atoms with Gasteiger partial charge in [-0.1, -0.05) is 200 Å². The molecule has 0 atom stereocenters. The van der Waals surface area contributed by atoms with Crippen molar-refractivity contribution < 1.29 is 14.7 Å². The maximum Gasteiger partial charge on any atom is 0.239 e. The molecule has 45 heavy (non-hydrogen) atoms. The number of aliphatic hydroxyl groups is 1. The quantitative estimate of drug-likeness (QED) is 0.0667. The van der Waals surface area contributed by atoms with E-state index in [0.29, 0.717) is 13.0 Å². The molecule has 2 N–H and O–H groups in total. The van der Waals surface area contributed by atoms with E-state index in [0.717, 1.165) is 25.7 Å². The molecule has 0 aromatic carbocycles. The summed E-state index contributed by atoms with van der Waals surface area (Å²) < 4.78 is 0. The van der Waals surface area contributed by atoms with Crippen molar-refractivity contribution in [3.63, 3.8) is 0 Å². The smallest absolute Gasteiger partial charge is 0.239 e. The van der Waals surface area contributed by atoms with Gasteiger partial charge in [-0.05, 0) is 12.8 Å². The van der Waals surface area contributed by atoms with Gasteiger partial charge in [0.25, 0.3) is 0 Å². The van der Waals surface area contributed by atoms with E-state index in [1.165, 1.54) is 178 Å². The predicted molar refractivity (Wildman–Crippen MR) is 196 cm³/mol. The van der Waals surface area contributed by atoms with Gasteiger partial charge in [-0.3, -0.25) is 9.59 Å². The zero-order chi connectivity index (χ0) is 32.9. The Morgan fingerprint density at radius 3 is 1.11 bits per heavy atom. The third-order valence-corrected chi connectivity index (χ3v) is 9.40. The fourth-order valence-corrected chi connectivity index (χ4v) is 6.35. The van der Waals surface area contributed by atoms with Crippen molar-refractivity contribution in [2.45, 2.75) is 219 Å². The Labute approximate surface area is 281 Å². The maximum absolute atomic E-state index is 12.7. The molecular weight excluding hydrogens is 556 g/mol. The van der Waals surface area contributed by atoms with Crippen LogP contribution >= 0.6 is 0 Å². The lowest BCUT2D eigenvalue weighted by atomic mass is 10.0. The van der Waals surface area contributed by atoms with E-state index in [4.69, 9.17) is 0 Å². The summed E-state index contributed by atoms with van der Waals surface area (Å²) in [7, 11) is 0. The monoisotopic (exact) mass is 637 g/mol. The van der Waals surface area contributed by atoms with E-state index in [9.17, 15) is 14.7 Å². The third-order valence-electron chi connectivity index (χ3n) is 9.40. The molecule has 0 rings (SSSR count). The number of nitrogens with one attached hydrogen (secondary N) is 1. The van der Waals surface area contributed by atoms with Gasteiger partial charge in [0, 0.05) is 19.5 Å². The first kappa shape index (κ1) is 43.9. The average molecular weight is 637 g/mol. The van der Waals surface area contributed by atoms with Crippen molar-refractivity contribution in [3.05, 3.63) is 0 Å². The molecule has 2 amide bonds. The van der Waals surface area contributed by atoms with E-state index in [1.54, 1.807) is 0 Å². The second-order valence-electron chi connectivity index (χ2n) is 13.9. The summed E-state index contributed by atoms with van der Waals surface area (Å²) >= 11 is 0. The summed E-state index contributed by atoms with van der Waals surface area (Å²) in [5, 5.41) is 12.4. The molecule has 268 valence electrons. The lowest BCUT2D eigenvalue weighted by Crippen LogP contribution is -2.42. The van der Waals surface area contributed by atoms with Crippen LogP contribution in [0.1, 0.15) is 219 Å². The van der Waals surface area contributed by atoms with Crippen LogP contribution < -0.4 is 5.32 Å². The molecule has 0 fully saturated rings. The van der Waals surface area contributed by atoms with Gasteiger partial charge >= 0.3 is 0 Å². The number of rotatable bonds is 37. The standard InChI is InChI=1S/C40H80N2O3/c1-3-5-7-9-11-13-15-17-19-21-23-25-27-29-31-33-35-41-39(44)38-42(36-37-43)40(45)34-32-30-28-26-24-22-20-18-16-14-12-10-8-6-4-2/h43H,3-38H2,1-2H3,(H,41,44). The second-order valence-corrected chi connectivity index (χ2v) is 13.9. The molecule has 5 heteroatoms. The number of carbonyl (C=O) groups is 2. The molecule has 0 bridgehead atoms. The molecule has 5 nitrogen and oxygen atoms in total. The SMILES string of the molecule is CCCCCCCCCCCCCCCCCCNC(=O)CN(CCO)C(=O)CCCCCCCCCCCCCCCCC. The van der Waals surface area contributed by atoms with Crippen LogP contribution in [0, 0.1) is 0 Å². The Hall–Kier alpha value is -1.10. The number of carbonyl (C=O) groups excluding carboxylic acids is 2. The number of hydrogen-bond donors (Lipinski definition) is 2. The van der Waals surface area contributed by atoms with Gasteiger partial charge in [-0.25, -0.2) is 0 Å². The highest BCUT2D eigenvalue weighted by Gasteiger charge is 2.16. The van der Waals surface area contributed by atoms with Crippen LogP contribution in [-0.4, -0.2) is 48.1 Å². The van der Waals surface area contributed by atoms with Gasteiger partial charge in [0.1, 0.15) is 0 Å². The van der Waals surface area contributed by atoms with Gasteiger partial charge in [-0.15, -0.1) is 0 Å². The van der Waals surface area contributed by atoms with Crippen molar-refractivity contribution in [1.29, 1.82) is 0 Å². The summed E-state index contributed by atoms with van der Waals surface area (Å²) in [6.45, 7) is 5.44. The number of aliphatic hydroxyl groups excluding tert-OH is 1. The lowest BCUT2D eigenvalue weighted by Gasteiger charge is -2.21. The molecule has 0 unspecified atom stereocenters. The number of hydrogen-bond acceptors (Lipinski definition) is 3. The molecular formula is C40H80N2O3. The number of unbranched alkanes of at least 4 members (excludes halogenated alkanes) is 29. The predicted octanol–water partition coefficient (Wildman–Crippen LogP) is 11.4. The van der Waals surface area contributed by atoms with Gasteiger partial charge in [0.15, 0.2) is 0 Å². The van der Waals surface area contributed by atoms with Crippen molar-refractivity contribution >= 4 is 11.8 Å². The average Bonchev–Trinajstić information content (AvgIpc) is 3.04. The minimum atomic E-state index is -0.103. The molecule has 0 heterocycles. The summed E-state index contributed by atoms with van der Waals surface area (Å²) in [6, 6.07) is 0. The highest BCUT2D eigenvalue weighted by Crippen LogP contribution is 2.15. The Morgan fingerprint density at radius 2 is 0.778 bits per heavy atom. The number of amides is 2. The minimum Gasteiger partial charge on any atom is -0.395 e. The molecule has 0 aliphatic carbocycles. The zero-order valence-electron chi connectivity index (χ0n) is 30.7. The van der Waals surface area contributed by atoms with Gasteiger partial charge in [0.2, 0.25) is 11.8 Å². The van der Waals surface area contributed by atoms with Crippen LogP contribution in [0.3, 0.4) is 0 Å². The summed E-state index contributed by atoms with van der Waals surface area (Å²) in [6.07, 6.45) is 41.5. The molecule has 0 aromatic heterocycles.